The van der Waals surface area contributed by atoms with Crippen LogP contribution in [-0.2, 0) is 0 Å². The molecule has 0 amide bonds. The first-order valence-electron chi connectivity index (χ1n) is 13.0. The molecule has 0 aliphatic carbocycles. The molecule has 2 nitrogen and oxygen atoms in total. The topological polar surface area (TPSA) is 26.3 Å². The van der Waals surface area contributed by atoms with E-state index in [0.29, 0.717) is 0 Å². The predicted molar refractivity (Wildman–Crippen MR) is 159 cm³/mol. The van der Waals surface area contributed by atoms with Gasteiger partial charge in [0.25, 0.3) is 0 Å². The van der Waals surface area contributed by atoms with Crippen molar-refractivity contribution in [1.82, 2.24) is 0 Å². The first-order chi connectivity index (χ1) is 18.6. The van der Waals surface area contributed by atoms with Crippen molar-refractivity contribution in [3.05, 3.63) is 120 Å². The second-order valence-electron chi connectivity index (χ2n) is 10.3. The summed E-state index contributed by atoms with van der Waals surface area (Å²) in [6, 6.07) is 38.8. The lowest BCUT2D eigenvalue weighted by Gasteiger charge is -2.04. The largest absolute Gasteiger partial charge is 0.452 e. The highest BCUT2D eigenvalue weighted by Gasteiger charge is 2.21. The second-order valence-corrected chi connectivity index (χ2v) is 10.3. The molecule has 2 heteroatoms. The zero-order chi connectivity index (χ0) is 25.4. The summed E-state index contributed by atoms with van der Waals surface area (Å²) < 4.78 is 13.3. The average molecular weight is 489 g/mol. The van der Waals surface area contributed by atoms with E-state index in [1.54, 1.807) is 0 Å². The summed E-state index contributed by atoms with van der Waals surface area (Å²) >= 11 is 0. The van der Waals surface area contributed by atoms with Gasteiger partial charge < -0.3 is 8.83 Å². The molecule has 0 aliphatic rings. The van der Waals surface area contributed by atoms with Crippen molar-refractivity contribution in [2.24, 2.45) is 0 Å². The first kappa shape index (κ1) is 21.3. The van der Waals surface area contributed by atoms with E-state index in [9.17, 15) is 0 Å². The van der Waals surface area contributed by atoms with E-state index in [-0.39, 0.29) is 0 Å². The maximum atomic E-state index is 6.63. The molecule has 0 N–H and O–H groups in total. The fourth-order valence-electron chi connectivity index (χ4n) is 5.98. The van der Waals surface area contributed by atoms with Gasteiger partial charge in [0.15, 0.2) is 11.2 Å². The minimum Gasteiger partial charge on any atom is -0.452 e. The van der Waals surface area contributed by atoms with Crippen molar-refractivity contribution in [2.45, 2.75) is 13.8 Å². The minimum atomic E-state index is 0.809. The number of aryl methyl sites for hydroxylation is 2. The molecule has 0 saturated carbocycles. The second kappa shape index (κ2) is 7.84. The van der Waals surface area contributed by atoms with E-state index in [1.807, 2.05) is 0 Å². The Bertz CT molecular complexity index is 2050. The molecule has 0 atom stereocenters. The Hall–Kier alpha value is -4.82. The van der Waals surface area contributed by atoms with Crippen molar-refractivity contribution >= 4 is 54.6 Å². The Morgan fingerprint density at radius 3 is 1.29 bits per heavy atom. The van der Waals surface area contributed by atoms with Crippen LogP contribution in [-0.4, -0.2) is 0 Å². The Morgan fingerprint density at radius 1 is 0.395 bits per heavy atom. The van der Waals surface area contributed by atoms with Crippen molar-refractivity contribution in [3.8, 4) is 22.3 Å². The molecule has 0 fully saturated rings. The van der Waals surface area contributed by atoms with Crippen LogP contribution >= 0.6 is 0 Å². The Kier molecular flexibility index (Phi) is 4.39. The lowest BCUT2D eigenvalue weighted by atomic mass is 9.97. The fraction of sp³-hybridized carbons (Fsp3) is 0.0556. The molecule has 0 radical (unpaired) electrons. The van der Waals surface area contributed by atoms with Gasteiger partial charge in [-0.15, -0.1) is 0 Å². The standard InChI is InChI=1S/C36H24O2/c1-21-7-5-9-23(17-21)25-13-15-29-31(19-25)37-35-33(29)27-11-3-4-12-28(27)34-30-16-14-26(20-32(30)38-36(34)35)24-10-6-8-22(2)18-24/h3-20H,1-2H3. The van der Waals surface area contributed by atoms with Crippen LogP contribution in [0.4, 0.5) is 0 Å². The predicted octanol–water partition coefficient (Wildman–Crippen LogP) is 10.6. The number of hydrogen-bond acceptors (Lipinski definition) is 2. The smallest absolute Gasteiger partial charge is 0.179 e. The maximum Gasteiger partial charge on any atom is 0.179 e. The Balaban J connectivity index is 1.45. The zero-order valence-corrected chi connectivity index (χ0v) is 21.2. The third-order valence-electron chi connectivity index (χ3n) is 7.75. The van der Waals surface area contributed by atoms with Crippen LogP contribution < -0.4 is 0 Å². The molecule has 2 heterocycles. The normalized spacial score (nSPS) is 11.9. The molecule has 0 aliphatic heterocycles. The van der Waals surface area contributed by atoms with Crippen LogP contribution in [0.5, 0.6) is 0 Å². The van der Waals surface area contributed by atoms with Crippen molar-refractivity contribution in [1.29, 1.82) is 0 Å². The lowest BCUT2D eigenvalue weighted by molar-refractivity contribution is 0.634. The summed E-state index contributed by atoms with van der Waals surface area (Å²) in [6.07, 6.45) is 0. The van der Waals surface area contributed by atoms with Gasteiger partial charge in [-0.2, -0.15) is 0 Å². The highest BCUT2D eigenvalue weighted by atomic mass is 16.4. The van der Waals surface area contributed by atoms with E-state index in [0.717, 1.165) is 55.0 Å². The third-order valence-corrected chi connectivity index (χ3v) is 7.75. The molecule has 8 aromatic rings. The van der Waals surface area contributed by atoms with Crippen molar-refractivity contribution in [3.63, 3.8) is 0 Å². The Morgan fingerprint density at radius 2 is 0.842 bits per heavy atom. The summed E-state index contributed by atoms with van der Waals surface area (Å²) in [5.41, 5.74) is 10.5. The SMILES string of the molecule is Cc1cccc(-c2ccc3c(c2)oc2c4oc5cc(-c6cccc(C)c6)ccc5c4c4ccccc4c32)c1. The summed E-state index contributed by atoms with van der Waals surface area (Å²) in [6.45, 7) is 4.25. The van der Waals surface area contributed by atoms with Crippen LogP contribution in [0.15, 0.2) is 118 Å². The van der Waals surface area contributed by atoms with Gasteiger partial charge in [0.1, 0.15) is 11.2 Å². The van der Waals surface area contributed by atoms with E-state index < -0.39 is 0 Å². The molecule has 2 aromatic heterocycles. The van der Waals surface area contributed by atoms with Gasteiger partial charge in [-0.1, -0.05) is 96.1 Å². The summed E-state index contributed by atoms with van der Waals surface area (Å²) in [5.74, 6) is 0. The van der Waals surface area contributed by atoms with Gasteiger partial charge in [0, 0.05) is 21.5 Å². The third kappa shape index (κ3) is 3.07. The van der Waals surface area contributed by atoms with Gasteiger partial charge in [0.2, 0.25) is 0 Å². The number of hydrogen-bond donors (Lipinski definition) is 0. The highest BCUT2D eigenvalue weighted by molar-refractivity contribution is 6.33. The molecule has 0 bridgehead atoms. The van der Waals surface area contributed by atoms with E-state index in [2.05, 4.69) is 123 Å². The number of rotatable bonds is 2. The molecule has 38 heavy (non-hydrogen) atoms. The molecule has 0 spiro atoms. The average Bonchev–Trinajstić information content (AvgIpc) is 3.51. The molecule has 180 valence electrons. The zero-order valence-electron chi connectivity index (χ0n) is 21.2. The maximum absolute atomic E-state index is 6.63. The van der Waals surface area contributed by atoms with Gasteiger partial charge in [0.05, 0.1) is 0 Å². The fourth-order valence-corrected chi connectivity index (χ4v) is 5.98. The van der Waals surface area contributed by atoms with Crippen molar-refractivity contribution in [2.75, 3.05) is 0 Å². The van der Waals surface area contributed by atoms with Gasteiger partial charge in [-0.3, -0.25) is 0 Å². The van der Waals surface area contributed by atoms with Gasteiger partial charge in [-0.05, 0) is 71.1 Å². The molecule has 0 unspecified atom stereocenters. The highest BCUT2D eigenvalue weighted by Crippen LogP contribution is 2.45. The van der Waals surface area contributed by atoms with Gasteiger partial charge in [-0.25, -0.2) is 0 Å². The van der Waals surface area contributed by atoms with Crippen LogP contribution in [0.25, 0.3) is 76.9 Å². The minimum absolute atomic E-state index is 0.809. The van der Waals surface area contributed by atoms with Crippen LogP contribution in [0, 0.1) is 13.8 Å². The summed E-state index contributed by atoms with van der Waals surface area (Å²) in [7, 11) is 0. The summed E-state index contributed by atoms with van der Waals surface area (Å²) in [5, 5.41) is 6.80. The van der Waals surface area contributed by atoms with Crippen LogP contribution in [0.2, 0.25) is 0 Å². The summed E-state index contributed by atoms with van der Waals surface area (Å²) in [4.78, 5) is 0. The molecule has 8 rings (SSSR count). The van der Waals surface area contributed by atoms with Crippen LogP contribution in [0.3, 0.4) is 0 Å². The van der Waals surface area contributed by atoms with E-state index in [4.69, 9.17) is 8.83 Å². The van der Waals surface area contributed by atoms with Crippen molar-refractivity contribution < 1.29 is 8.83 Å². The number of fused-ring (bicyclic) bond motifs is 10. The Labute approximate surface area is 219 Å². The molecule has 6 aromatic carbocycles. The van der Waals surface area contributed by atoms with Gasteiger partial charge >= 0.3 is 0 Å². The molecule has 0 saturated heterocycles. The lowest BCUT2D eigenvalue weighted by Crippen LogP contribution is -1.80. The van der Waals surface area contributed by atoms with E-state index >= 15 is 0 Å². The molecular weight excluding hydrogens is 464 g/mol. The van der Waals surface area contributed by atoms with Crippen LogP contribution in [0.1, 0.15) is 11.1 Å². The quantitative estimate of drug-likeness (QED) is 0.242. The molecular formula is C36H24O2. The first-order valence-corrected chi connectivity index (χ1v) is 13.0. The number of benzene rings is 6. The number of furan rings is 2. The van der Waals surface area contributed by atoms with E-state index in [1.165, 1.54) is 33.0 Å². The monoisotopic (exact) mass is 488 g/mol.